The van der Waals surface area contributed by atoms with Gasteiger partial charge >= 0.3 is 0 Å². The van der Waals surface area contributed by atoms with Crippen LogP contribution in [-0.2, 0) is 11.3 Å². The summed E-state index contributed by atoms with van der Waals surface area (Å²) in [4.78, 5) is 3.35. The Bertz CT molecular complexity index is 268. The summed E-state index contributed by atoms with van der Waals surface area (Å²) in [6.07, 6.45) is 0. The van der Waals surface area contributed by atoms with Gasteiger partial charge in [0, 0.05) is 22.7 Å². The van der Waals surface area contributed by atoms with Gasteiger partial charge in [0.1, 0.15) is 0 Å². The average molecular weight is 186 g/mol. The lowest BCUT2D eigenvalue weighted by Gasteiger charge is -2.15. The largest absolute Gasteiger partial charge is 0.362 e. The number of aryl methyl sites for hydroxylation is 1. The maximum atomic E-state index is 5.78. The van der Waals surface area contributed by atoms with Crippen LogP contribution in [0.1, 0.15) is 37.7 Å². The van der Waals surface area contributed by atoms with Crippen molar-refractivity contribution >= 4 is 11.6 Å². The topological polar surface area (TPSA) is 15.8 Å². The van der Waals surface area contributed by atoms with Crippen LogP contribution >= 0.6 is 11.6 Å². The molecule has 1 heterocycles. The summed E-state index contributed by atoms with van der Waals surface area (Å²) in [5, 5.41) is 0. The Hall–Kier alpha value is -0.430. The predicted octanol–water partition coefficient (Wildman–Crippen LogP) is 3.36. The number of hydrogen-bond acceptors (Lipinski definition) is 0. The monoisotopic (exact) mass is 185 g/mol. The fourth-order valence-corrected chi connectivity index (χ4v) is 1.42. The van der Waals surface area contributed by atoms with Gasteiger partial charge < -0.3 is 4.98 Å². The zero-order valence-electron chi connectivity index (χ0n) is 8.16. The molecule has 0 aliphatic carbocycles. The molecule has 0 aliphatic heterocycles. The van der Waals surface area contributed by atoms with Crippen molar-refractivity contribution < 1.29 is 0 Å². The summed E-state index contributed by atoms with van der Waals surface area (Å²) < 4.78 is 0. The van der Waals surface area contributed by atoms with E-state index in [2.05, 4.69) is 38.7 Å². The molecule has 0 saturated heterocycles. The number of nitrogens with one attached hydrogen (secondary N) is 1. The van der Waals surface area contributed by atoms with Crippen LogP contribution in [0, 0.1) is 6.92 Å². The SMILES string of the molecule is Cc1[nH]c(C(C)(C)C)cc1CCl. The molecule has 2 heteroatoms. The van der Waals surface area contributed by atoms with E-state index < -0.39 is 0 Å². The Labute approximate surface area is 79.1 Å². The van der Waals surface area contributed by atoms with Crippen molar-refractivity contribution in [2.24, 2.45) is 0 Å². The van der Waals surface area contributed by atoms with Crippen molar-refractivity contribution in [3.05, 3.63) is 23.0 Å². The van der Waals surface area contributed by atoms with Gasteiger partial charge in [-0.1, -0.05) is 20.8 Å². The summed E-state index contributed by atoms with van der Waals surface area (Å²) in [5.74, 6) is 0.596. The molecule has 1 aromatic heterocycles. The van der Waals surface area contributed by atoms with Crippen molar-refractivity contribution in [1.82, 2.24) is 4.98 Å². The molecule has 0 saturated carbocycles. The van der Waals surface area contributed by atoms with E-state index in [1.54, 1.807) is 0 Å². The molecule has 1 nitrogen and oxygen atoms in total. The first-order valence-corrected chi connectivity index (χ1v) is 4.73. The molecule has 0 fully saturated rings. The Balaban J connectivity index is 3.05. The first-order chi connectivity index (χ1) is 5.45. The highest BCUT2D eigenvalue weighted by atomic mass is 35.5. The Morgan fingerprint density at radius 2 is 2.00 bits per heavy atom. The molecule has 0 amide bonds. The second-order valence-corrected chi connectivity index (χ2v) is 4.48. The van der Waals surface area contributed by atoms with Crippen molar-refractivity contribution in [3.8, 4) is 0 Å². The van der Waals surface area contributed by atoms with E-state index in [9.17, 15) is 0 Å². The molecular formula is C10H16ClN. The van der Waals surface area contributed by atoms with Crippen molar-refractivity contribution in [2.45, 2.75) is 39.0 Å². The van der Waals surface area contributed by atoms with Gasteiger partial charge in [-0.2, -0.15) is 0 Å². The summed E-state index contributed by atoms with van der Waals surface area (Å²) in [6, 6.07) is 2.16. The van der Waals surface area contributed by atoms with Crippen molar-refractivity contribution in [3.63, 3.8) is 0 Å². The maximum absolute atomic E-state index is 5.78. The minimum atomic E-state index is 0.190. The Morgan fingerprint density at radius 1 is 1.42 bits per heavy atom. The second-order valence-electron chi connectivity index (χ2n) is 4.22. The first kappa shape index (κ1) is 9.66. The van der Waals surface area contributed by atoms with Gasteiger partial charge in [-0.3, -0.25) is 0 Å². The quantitative estimate of drug-likeness (QED) is 0.646. The number of halogens is 1. The molecular weight excluding hydrogens is 170 g/mol. The third-order valence-corrected chi connectivity index (χ3v) is 2.36. The molecule has 1 N–H and O–H groups in total. The van der Waals surface area contributed by atoms with Gasteiger partial charge in [-0.05, 0) is 18.6 Å². The van der Waals surface area contributed by atoms with E-state index in [0.717, 1.165) is 0 Å². The van der Waals surface area contributed by atoms with Gasteiger partial charge in [0.15, 0.2) is 0 Å². The van der Waals surface area contributed by atoms with Gasteiger partial charge in [0.25, 0.3) is 0 Å². The Morgan fingerprint density at radius 3 is 2.25 bits per heavy atom. The van der Waals surface area contributed by atoms with Crippen LogP contribution in [0.25, 0.3) is 0 Å². The van der Waals surface area contributed by atoms with Crippen LogP contribution in [0.2, 0.25) is 0 Å². The highest BCUT2D eigenvalue weighted by Gasteiger charge is 2.16. The molecule has 0 bridgehead atoms. The molecule has 1 aromatic rings. The van der Waals surface area contributed by atoms with Crippen LogP contribution in [0.4, 0.5) is 0 Å². The standard InChI is InChI=1S/C10H16ClN/c1-7-8(6-11)5-9(12-7)10(2,3)4/h5,12H,6H2,1-4H3. The van der Waals surface area contributed by atoms with E-state index in [0.29, 0.717) is 5.88 Å². The minimum absolute atomic E-state index is 0.190. The van der Waals surface area contributed by atoms with Crippen LogP contribution in [0.5, 0.6) is 0 Å². The van der Waals surface area contributed by atoms with Crippen LogP contribution < -0.4 is 0 Å². The van der Waals surface area contributed by atoms with Gasteiger partial charge in [0.2, 0.25) is 0 Å². The Kier molecular flexibility index (Phi) is 2.52. The third kappa shape index (κ3) is 1.84. The molecule has 0 spiro atoms. The van der Waals surface area contributed by atoms with Gasteiger partial charge in [-0.15, -0.1) is 11.6 Å². The normalized spacial score (nSPS) is 12.1. The molecule has 0 aliphatic rings. The zero-order valence-corrected chi connectivity index (χ0v) is 8.92. The summed E-state index contributed by atoms with van der Waals surface area (Å²) in [7, 11) is 0. The smallest absolute Gasteiger partial charge is 0.0491 e. The lowest BCUT2D eigenvalue weighted by Crippen LogP contribution is -2.11. The fourth-order valence-electron chi connectivity index (χ4n) is 1.14. The highest BCUT2D eigenvalue weighted by Crippen LogP contribution is 2.24. The van der Waals surface area contributed by atoms with E-state index in [-0.39, 0.29) is 5.41 Å². The van der Waals surface area contributed by atoms with Gasteiger partial charge in [-0.25, -0.2) is 0 Å². The predicted molar refractivity (Wildman–Crippen MR) is 53.8 cm³/mol. The number of hydrogen-bond donors (Lipinski definition) is 1. The lowest BCUT2D eigenvalue weighted by atomic mass is 9.92. The number of aromatic nitrogens is 1. The van der Waals surface area contributed by atoms with Gasteiger partial charge in [0.05, 0.1) is 0 Å². The van der Waals surface area contributed by atoms with Crippen LogP contribution in [0.15, 0.2) is 6.07 Å². The maximum Gasteiger partial charge on any atom is 0.0491 e. The van der Waals surface area contributed by atoms with Crippen LogP contribution in [0.3, 0.4) is 0 Å². The van der Waals surface area contributed by atoms with Crippen LogP contribution in [-0.4, -0.2) is 4.98 Å². The molecule has 68 valence electrons. The van der Waals surface area contributed by atoms with Crippen molar-refractivity contribution in [1.29, 1.82) is 0 Å². The second kappa shape index (κ2) is 3.14. The molecule has 0 radical (unpaired) electrons. The number of H-pyrrole nitrogens is 1. The molecule has 0 aromatic carbocycles. The molecule has 12 heavy (non-hydrogen) atoms. The van der Waals surface area contributed by atoms with Crippen molar-refractivity contribution in [2.75, 3.05) is 0 Å². The lowest BCUT2D eigenvalue weighted by molar-refractivity contribution is 0.571. The molecule has 0 unspecified atom stereocenters. The number of alkyl halides is 1. The third-order valence-electron chi connectivity index (χ3n) is 2.07. The van der Waals surface area contributed by atoms with E-state index >= 15 is 0 Å². The molecule has 1 rings (SSSR count). The fraction of sp³-hybridized carbons (Fsp3) is 0.600. The van der Waals surface area contributed by atoms with E-state index in [4.69, 9.17) is 11.6 Å². The van der Waals surface area contributed by atoms with E-state index in [1.165, 1.54) is 17.0 Å². The average Bonchev–Trinajstić information content (AvgIpc) is 2.29. The highest BCUT2D eigenvalue weighted by molar-refractivity contribution is 6.17. The summed E-state index contributed by atoms with van der Waals surface area (Å²) in [6.45, 7) is 8.63. The number of rotatable bonds is 1. The zero-order chi connectivity index (χ0) is 9.35. The number of aromatic amines is 1. The molecule has 0 atom stereocenters. The first-order valence-electron chi connectivity index (χ1n) is 4.20. The summed E-state index contributed by atoms with van der Waals surface area (Å²) >= 11 is 5.78. The summed E-state index contributed by atoms with van der Waals surface area (Å²) in [5.41, 5.74) is 3.85. The minimum Gasteiger partial charge on any atom is -0.362 e. The van der Waals surface area contributed by atoms with E-state index in [1.807, 2.05) is 0 Å².